The fraction of sp³-hybridized carbons (Fsp3) is 0.143. The number of hydrogen-bond acceptors (Lipinski definition) is 5. The minimum absolute atomic E-state index is 0.0582. The van der Waals surface area contributed by atoms with E-state index in [2.05, 4.69) is 4.99 Å². The molecule has 146 valence electrons. The first-order valence-corrected chi connectivity index (χ1v) is 8.88. The number of fused-ring (bicyclic) bond motifs is 3. The highest BCUT2D eigenvalue weighted by Crippen LogP contribution is 2.42. The highest BCUT2D eigenvalue weighted by atomic mass is 19.1. The molecule has 0 saturated heterocycles. The quantitative estimate of drug-likeness (QED) is 0.747. The van der Waals surface area contributed by atoms with Crippen LogP contribution in [0.4, 0.5) is 10.1 Å². The third-order valence-electron chi connectivity index (χ3n) is 4.42. The van der Waals surface area contributed by atoms with Gasteiger partial charge in [-0.25, -0.2) is 19.1 Å². The molecule has 0 N–H and O–H groups in total. The second-order valence-electron chi connectivity index (χ2n) is 6.26. The Morgan fingerprint density at radius 2 is 1.90 bits per heavy atom. The minimum atomic E-state index is -0.714. The minimum Gasteiger partial charge on any atom is -0.462 e. The van der Waals surface area contributed by atoms with E-state index in [1.807, 2.05) is 0 Å². The van der Waals surface area contributed by atoms with Gasteiger partial charge in [-0.2, -0.15) is 0 Å². The first kappa shape index (κ1) is 18.5. The van der Waals surface area contributed by atoms with Gasteiger partial charge in [0.15, 0.2) is 5.75 Å². The molecule has 2 amide bonds. The Morgan fingerprint density at radius 1 is 1.17 bits per heavy atom. The average molecular weight is 394 g/mol. The number of carbonyl (C=O) groups is 3. The molecule has 2 aromatic carbocycles. The SMILES string of the molecule is CCOC(=O)C1=C2Oc3ccccc3N2C(=O)C(=NC(=O)c2ccc(F)cc2)C1. The molecule has 7 nitrogen and oxygen atoms in total. The molecule has 2 aliphatic rings. The molecular formula is C21H15FN2O5. The zero-order chi connectivity index (χ0) is 20.5. The van der Waals surface area contributed by atoms with E-state index in [0.29, 0.717) is 11.4 Å². The second-order valence-corrected chi connectivity index (χ2v) is 6.26. The summed E-state index contributed by atoms with van der Waals surface area (Å²) >= 11 is 0. The fourth-order valence-corrected chi connectivity index (χ4v) is 3.08. The topological polar surface area (TPSA) is 85.3 Å². The number of amides is 2. The van der Waals surface area contributed by atoms with Crippen molar-refractivity contribution in [2.75, 3.05) is 11.5 Å². The number of para-hydroxylation sites is 2. The summed E-state index contributed by atoms with van der Waals surface area (Å²) in [4.78, 5) is 43.1. The molecule has 29 heavy (non-hydrogen) atoms. The molecule has 0 unspecified atom stereocenters. The van der Waals surface area contributed by atoms with Crippen molar-refractivity contribution in [1.82, 2.24) is 0 Å². The van der Waals surface area contributed by atoms with E-state index in [1.165, 1.54) is 17.0 Å². The molecule has 2 aromatic rings. The maximum Gasteiger partial charge on any atom is 0.339 e. The Hall–Kier alpha value is -3.81. The van der Waals surface area contributed by atoms with Crippen molar-refractivity contribution in [3.05, 3.63) is 71.4 Å². The highest BCUT2D eigenvalue weighted by Gasteiger charge is 2.43. The summed E-state index contributed by atoms with van der Waals surface area (Å²) in [6.07, 6.45) is -0.218. The van der Waals surface area contributed by atoms with E-state index in [1.54, 1.807) is 31.2 Å². The number of halogens is 1. The van der Waals surface area contributed by atoms with Crippen LogP contribution < -0.4 is 9.64 Å². The maximum atomic E-state index is 13.1. The second kappa shape index (κ2) is 7.31. The summed E-state index contributed by atoms with van der Waals surface area (Å²) < 4.78 is 23.9. The van der Waals surface area contributed by atoms with E-state index in [9.17, 15) is 18.8 Å². The van der Waals surface area contributed by atoms with Gasteiger partial charge >= 0.3 is 5.97 Å². The zero-order valence-electron chi connectivity index (χ0n) is 15.3. The van der Waals surface area contributed by atoms with Gasteiger partial charge in [0.2, 0.25) is 5.88 Å². The first-order valence-electron chi connectivity index (χ1n) is 8.88. The summed E-state index contributed by atoms with van der Waals surface area (Å²) in [7, 11) is 0. The van der Waals surface area contributed by atoms with E-state index < -0.39 is 23.6 Å². The summed E-state index contributed by atoms with van der Waals surface area (Å²) in [6.45, 7) is 1.80. The Morgan fingerprint density at radius 3 is 2.62 bits per heavy atom. The molecular weight excluding hydrogens is 379 g/mol. The van der Waals surface area contributed by atoms with E-state index in [-0.39, 0.29) is 35.8 Å². The number of ether oxygens (including phenoxy) is 2. The third kappa shape index (κ3) is 3.29. The molecule has 0 spiro atoms. The third-order valence-corrected chi connectivity index (χ3v) is 4.42. The van der Waals surface area contributed by atoms with Gasteiger partial charge in [-0.3, -0.25) is 9.59 Å². The maximum absolute atomic E-state index is 13.1. The van der Waals surface area contributed by atoms with Crippen molar-refractivity contribution >= 4 is 29.2 Å². The average Bonchev–Trinajstić information content (AvgIpc) is 3.10. The Labute approximate surface area is 165 Å². The zero-order valence-corrected chi connectivity index (χ0v) is 15.3. The van der Waals surface area contributed by atoms with Gasteiger partial charge in [0.1, 0.15) is 17.1 Å². The van der Waals surface area contributed by atoms with Crippen molar-refractivity contribution in [3.8, 4) is 5.75 Å². The van der Waals surface area contributed by atoms with Gasteiger partial charge in [0.05, 0.1) is 12.3 Å². The number of rotatable bonds is 3. The number of anilines is 1. The molecule has 0 atom stereocenters. The lowest BCUT2D eigenvalue weighted by Crippen LogP contribution is -2.41. The van der Waals surface area contributed by atoms with Gasteiger partial charge < -0.3 is 9.47 Å². The van der Waals surface area contributed by atoms with E-state index in [4.69, 9.17) is 9.47 Å². The predicted octanol–water partition coefficient (Wildman–Crippen LogP) is 3.01. The van der Waals surface area contributed by atoms with Crippen molar-refractivity contribution < 1.29 is 28.2 Å². The van der Waals surface area contributed by atoms with Gasteiger partial charge in [-0.15, -0.1) is 0 Å². The Bertz CT molecular complexity index is 1090. The smallest absolute Gasteiger partial charge is 0.339 e. The highest BCUT2D eigenvalue weighted by molar-refractivity contribution is 6.48. The molecule has 0 bridgehead atoms. The molecule has 0 fully saturated rings. The van der Waals surface area contributed by atoms with Crippen LogP contribution in [0.15, 0.2) is 65.0 Å². The lowest BCUT2D eigenvalue weighted by atomic mass is 10.0. The number of nitrogens with zero attached hydrogens (tertiary/aromatic N) is 2. The molecule has 8 heteroatoms. The van der Waals surface area contributed by atoms with E-state index >= 15 is 0 Å². The fourth-order valence-electron chi connectivity index (χ4n) is 3.08. The van der Waals surface area contributed by atoms with Gasteiger partial charge in [0, 0.05) is 12.0 Å². The molecule has 0 saturated carbocycles. The molecule has 0 aromatic heterocycles. The largest absolute Gasteiger partial charge is 0.462 e. The number of hydrogen-bond donors (Lipinski definition) is 0. The van der Waals surface area contributed by atoms with Crippen LogP contribution in [0.1, 0.15) is 23.7 Å². The van der Waals surface area contributed by atoms with Gasteiger partial charge in [-0.1, -0.05) is 12.1 Å². The van der Waals surface area contributed by atoms with Gasteiger partial charge in [0.25, 0.3) is 11.8 Å². The van der Waals surface area contributed by atoms with Crippen LogP contribution in [0.2, 0.25) is 0 Å². The molecule has 2 heterocycles. The van der Waals surface area contributed by atoms with Crippen molar-refractivity contribution in [2.24, 2.45) is 4.99 Å². The van der Waals surface area contributed by atoms with Crippen LogP contribution in [0, 0.1) is 5.82 Å². The van der Waals surface area contributed by atoms with Crippen LogP contribution in [0.3, 0.4) is 0 Å². The molecule has 4 rings (SSSR count). The normalized spacial score (nSPS) is 16.4. The standard InChI is InChI=1S/C21H15FN2O5/c1-2-28-21(27)14-11-15(23-18(25)12-7-9-13(22)10-8-12)19(26)24-16-5-3-4-6-17(16)29-20(14)24/h3-10H,2,11H2,1H3. The van der Waals surface area contributed by atoms with Crippen LogP contribution in [0.25, 0.3) is 0 Å². The Kier molecular flexibility index (Phi) is 4.67. The lowest BCUT2D eigenvalue weighted by molar-refractivity contribution is -0.138. The van der Waals surface area contributed by atoms with Crippen molar-refractivity contribution in [2.45, 2.75) is 13.3 Å². The molecule has 2 aliphatic heterocycles. The van der Waals surface area contributed by atoms with E-state index in [0.717, 1.165) is 12.1 Å². The number of esters is 1. The predicted molar refractivity (Wildman–Crippen MR) is 101 cm³/mol. The number of carbonyl (C=O) groups excluding carboxylic acids is 3. The number of benzene rings is 2. The molecule has 0 aliphatic carbocycles. The van der Waals surface area contributed by atoms with Crippen LogP contribution in [-0.2, 0) is 14.3 Å². The summed E-state index contributed by atoms with van der Waals surface area (Å²) in [5.41, 5.74) is 0.521. The summed E-state index contributed by atoms with van der Waals surface area (Å²) in [5.74, 6) is -1.98. The van der Waals surface area contributed by atoms with Crippen molar-refractivity contribution in [3.63, 3.8) is 0 Å². The lowest BCUT2D eigenvalue weighted by Gasteiger charge is -2.24. The molecule has 0 radical (unpaired) electrons. The summed E-state index contributed by atoms with van der Waals surface area (Å²) in [6, 6.07) is 11.6. The van der Waals surface area contributed by atoms with Crippen LogP contribution >= 0.6 is 0 Å². The van der Waals surface area contributed by atoms with Gasteiger partial charge in [-0.05, 0) is 43.3 Å². The monoisotopic (exact) mass is 394 g/mol. The number of aliphatic imine (C=N–C) groups is 1. The van der Waals surface area contributed by atoms with Crippen LogP contribution in [0.5, 0.6) is 5.75 Å². The summed E-state index contributed by atoms with van der Waals surface area (Å²) in [5, 5.41) is 0. The van der Waals surface area contributed by atoms with Crippen molar-refractivity contribution in [1.29, 1.82) is 0 Å². The van der Waals surface area contributed by atoms with Crippen LogP contribution in [-0.4, -0.2) is 30.1 Å². The first-order chi connectivity index (χ1) is 14.0. The Balaban J connectivity index is 1.77.